The number of aryl methyl sites for hydroxylation is 1. The summed E-state index contributed by atoms with van der Waals surface area (Å²) in [5.74, 6) is 2.24. The van der Waals surface area contributed by atoms with Gasteiger partial charge in [-0.05, 0) is 38.1 Å². The van der Waals surface area contributed by atoms with Crippen molar-refractivity contribution >= 4 is 29.7 Å². The van der Waals surface area contributed by atoms with Crippen LogP contribution in [0.25, 0.3) is 0 Å². The summed E-state index contributed by atoms with van der Waals surface area (Å²) in [6.07, 6.45) is 1.70. The molecule has 3 heterocycles. The van der Waals surface area contributed by atoms with Crippen LogP contribution in [-0.2, 0) is 0 Å². The molecule has 0 unspecified atom stereocenters. The Hall–Kier alpha value is -3.09. The number of hydrogen-bond donors (Lipinski definition) is 1. The molecule has 25 heavy (non-hydrogen) atoms. The normalized spacial score (nSPS) is 14.8. The highest BCUT2D eigenvalue weighted by atomic mass is 16.5. The summed E-state index contributed by atoms with van der Waals surface area (Å²) in [7, 11) is 0. The minimum atomic E-state index is -0.238. The van der Waals surface area contributed by atoms with E-state index >= 15 is 0 Å². The second kappa shape index (κ2) is 6.08. The molecule has 0 fully saturated rings. The van der Waals surface area contributed by atoms with Crippen LogP contribution < -0.4 is 10.1 Å². The van der Waals surface area contributed by atoms with Gasteiger partial charge in [-0.1, -0.05) is 0 Å². The molecule has 7 heteroatoms. The van der Waals surface area contributed by atoms with E-state index in [1.54, 1.807) is 13.3 Å². The zero-order chi connectivity index (χ0) is 17.4. The van der Waals surface area contributed by atoms with E-state index in [0.29, 0.717) is 41.6 Å². The Labute approximate surface area is 145 Å². The van der Waals surface area contributed by atoms with Gasteiger partial charge < -0.3 is 19.4 Å². The fourth-order valence-corrected chi connectivity index (χ4v) is 3.01. The highest BCUT2D eigenvalue weighted by molar-refractivity contribution is 6.19. The minimum Gasteiger partial charge on any atom is -0.494 e. The maximum Gasteiger partial charge on any atom is 0.260 e. The fourth-order valence-electron chi connectivity index (χ4n) is 3.01. The third-order valence-corrected chi connectivity index (χ3v) is 4.13. The first-order valence-corrected chi connectivity index (χ1v) is 8.20. The van der Waals surface area contributed by atoms with Crippen LogP contribution in [0.5, 0.6) is 5.75 Å². The Morgan fingerprint density at radius 1 is 1.36 bits per heavy atom. The second-order valence-electron chi connectivity index (χ2n) is 5.77. The number of carbonyl (C=O) groups is 1. The van der Waals surface area contributed by atoms with Crippen molar-refractivity contribution < 1.29 is 13.9 Å². The van der Waals surface area contributed by atoms with Crippen molar-refractivity contribution in [2.24, 2.45) is 9.98 Å². The van der Waals surface area contributed by atoms with Crippen molar-refractivity contribution in [2.75, 3.05) is 25.0 Å². The Morgan fingerprint density at radius 2 is 2.16 bits per heavy atom. The number of amidine groups is 1. The molecule has 1 N–H and O–H groups in total. The van der Waals surface area contributed by atoms with Gasteiger partial charge in [-0.25, -0.2) is 4.99 Å². The molecule has 7 nitrogen and oxygen atoms in total. The molecule has 0 aliphatic carbocycles. The number of ether oxygens (including phenoxy) is 1. The molecule has 0 saturated heterocycles. The lowest BCUT2D eigenvalue weighted by Gasteiger charge is -2.18. The van der Waals surface area contributed by atoms with Crippen LogP contribution in [0.15, 0.2) is 38.7 Å². The smallest absolute Gasteiger partial charge is 0.260 e. The number of anilines is 1. The predicted octanol–water partition coefficient (Wildman–Crippen LogP) is 2.97. The number of hydrogen-bond acceptors (Lipinski definition) is 6. The Kier molecular flexibility index (Phi) is 3.76. The first kappa shape index (κ1) is 15.4. The molecule has 1 amide bonds. The summed E-state index contributed by atoms with van der Waals surface area (Å²) in [5.41, 5.74) is 1.83. The van der Waals surface area contributed by atoms with Gasteiger partial charge in [-0.15, -0.1) is 0 Å². The lowest BCUT2D eigenvalue weighted by Crippen LogP contribution is -2.30. The Morgan fingerprint density at radius 3 is 2.92 bits per heavy atom. The van der Waals surface area contributed by atoms with Crippen molar-refractivity contribution in [1.29, 1.82) is 0 Å². The molecule has 2 aromatic rings. The van der Waals surface area contributed by atoms with E-state index in [1.807, 2.05) is 36.1 Å². The highest BCUT2D eigenvalue weighted by Crippen LogP contribution is 2.34. The van der Waals surface area contributed by atoms with Gasteiger partial charge in [0.2, 0.25) is 5.88 Å². The maximum atomic E-state index is 12.8. The van der Waals surface area contributed by atoms with Crippen LogP contribution in [0.3, 0.4) is 0 Å². The van der Waals surface area contributed by atoms with Crippen molar-refractivity contribution in [1.82, 2.24) is 4.90 Å². The van der Waals surface area contributed by atoms with Crippen LogP contribution in [0, 0.1) is 6.92 Å². The molecule has 2 aliphatic heterocycles. The van der Waals surface area contributed by atoms with Gasteiger partial charge in [0.25, 0.3) is 5.91 Å². The molecule has 0 spiro atoms. The van der Waals surface area contributed by atoms with E-state index in [9.17, 15) is 4.79 Å². The first-order valence-electron chi connectivity index (χ1n) is 8.20. The van der Waals surface area contributed by atoms with Gasteiger partial charge in [0, 0.05) is 12.2 Å². The average molecular weight is 338 g/mol. The highest BCUT2D eigenvalue weighted by Gasteiger charge is 2.33. The minimum absolute atomic E-state index is 0.238. The zero-order valence-corrected chi connectivity index (χ0v) is 14.1. The summed E-state index contributed by atoms with van der Waals surface area (Å²) >= 11 is 0. The van der Waals surface area contributed by atoms with Gasteiger partial charge in [0.05, 0.1) is 24.3 Å². The van der Waals surface area contributed by atoms with Crippen molar-refractivity contribution in [3.05, 3.63) is 41.2 Å². The molecule has 0 atom stereocenters. The fraction of sp³-hybridized carbons (Fsp3) is 0.278. The first-order chi connectivity index (χ1) is 12.2. The van der Waals surface area contributed by atoms with Crippen LogP contribution in [0.2, 0.25) is 0 Å². The number of furan rings is 1. The number of nitrogens with one attached hydrogen (secondary N) is 1. The van der Waals surface area contributed by atoms with Crippen molar-refractivity contribution in [3.8, 4) is 5.75 Å². The van der Waals surface area contributed by atoms with Gasteiger partial charge in [0.1, 0.15) is 23.7 Å². The molecule has 0 saturated carbocycles. The molecular formula is C18H18N4O3. The van der Waals surface area contributed by atoms with E-state index < -0.39 is 0 Å². The average Bonchev–Trinajstić information content (AvgIpc) is 3.19. The van der Waals surface area contributed by atoms with E-state index in [-0.39, 0.29) is 5.91 Å². The number of benzene rings is 1. The zero-order valence-electron chi connectivity index (χ0n) is 14.1. The number of rotatable bonds is 4. The third-order valence-electron chi connectivity index (χ3n) is 4.13. The molecule has 0 radical (unpaired) electrons. The van der Waals surface area contributed by atoms with Crippen LogP contribution in [-0.4, -0.2) is 42.7 Å². The topological polar surface area (TPSA) is 79.4 Å². The number of aliphatic imine (C=N–C) groups is 2. The van der Waals surface area contributed by atoms with Gasteiger partial charge >= 0.3 is 0 Å². The maximum absolute atomic E-state index is 12.8. The van der Waals surface area contributed by atoms with Gasteiger partial charge in [-0.2, -0.15) is 0 Å². The van der Waals surface area contributed by atoms with Crippen molar-refractivity contribution in [2.45, 2.75) is 13.8 Å². The summed E-state index contributed by atoms with van der Waals surface area (Å²) < 4.78 is 11.1. The number of fused-ring (bicyclic) bond motifs is 3. The van der Waals surface area contributed by atoms with E-state index in [4.69, 9.17) is 9.15 Å². The molecule has 128 valence electrons. The summed E-state index contributed by atoms with van der Waals surface area (Å²) in [6.45, 7) is 5.75. The quantitative estimate of drug-likeness (QED) is 0.929. The second-order valence-corrected chi connectivity index (χ2v) is 5.77. The molecule has 0 bridgehead atoms. The van der Waals surface area contributed by atoms with E-state index in [1.165, 1.54) is 0 Å². The third kappa shape index (κ3) is 2.67. The van der Waals surface area contributed by atoms with Crippen LogP contribution in [0.1, 0.15) is 28.6 Å². The standard InChI is InChI=1S/C18H18N4O3/c1-3-24-13-6-4-12(5-7-13)21-17(23)14-11(2)25-18-15(14)16-19-8-9-22(16)10-20-18/h4-7,10H,3,8-9H2,1-2H3,(H,21,23). The summed E-state index contributed by atoms with van der Waals surface area (Å²) in [4.78, 5) is 23.6. The molecular weight excluding hydrogens is 320 g/mol. The van der Waals surface area contributed by atoms with E-state index in [2.05, 4.69) is 15.3 Å². The SMILES string of the molecule is CCOc1ccc(NC(=O)c2c(C)oc3c2C2=NCCN2C=N3)cc1. The number of nitrogens with zero attached hydrogens (tertiary/aromatic N) is 3. The Bertz CT molecular complexity index is 880. The summed E-state index contributed by atoms with van der Waals surface area (Å²) in [5, 5.41) is 2.90. The summed E-state index contributed by atoms with van der Waals surface area (Å²) in [6, 6.07) is 7.26. The van der Waals surface area contributed by atoms with Gasteiger partial charge in [0.15, 0.2) is 0 Å². The Balaban J connectivity index is 1.63. The predicted molar refractivity (Wildman–Crippen MR) is 95.3 cm³/mol. The molecule has 4 rings (SSSR count). The van der Waals surface area contributed by atoms with Crippen LogP contribution >= 0.6 is 0 Å². The van der Waals surface area contributed by atoms with E-state index in [0.717, 1.165) is 18.1 Å². The molecule has 1 aromatic heterocycles. The number of carbonyl (C=O) groups excluding carboxylic acids is 1. The molecule has 1 aromatic carbocycles. The lowest BCUT2D eigenvalue weighted by molar-refractivity contribution is 0.102. The largest absolute Gasteiger partial charge is 0.494 e. The van der Waals surface area contributed by atoms with Crippen LogP contribution in [0.4, 0.5) is 11.6 Å². The van der Waals surface area contributed by atoms with Crippen molar-refractivity contribution in [3.63, 3.8) is 0 Å². The number of amides is 1. The molecule has 2 aliphatic rings. The monoisotopic (exact) mass is 338 g/mol. The van der Waals surface area contributed by atoms with Gasteiger partial charge in [-0.3, -0.25) is 9.79 Å². The lowest BCUT2D eigenvalue weighted by atomic mass is 10.1.